The third-order valence-corrected chi connectivity index (χ3v) is 1.84. The maximum absolute atomic E-state index is 10.7. The Morgan fingerprint density at radius 1 is 0.818 bits per heavy atom. The van der Waals surface area contributed by atoms with E-state index in [0.717, 1.165) is 0 Å². The topological polar surface area (TPSA) is 91.7 Å². The molecule has 0 rings (SSSR count). The van der Waals surface area contributed by atoms with Gasteiger partial charge in [0.1, 0.15) is 0 Å². The Bertz CT molecular complexity index is 316. The van der Waals surface area contributed by atoms with E-state index < -0.39 is 0 Å². The largest absolute Gasteiger partial charge is 2.00 e. The summed E-state index contributed by atoms with van der Waals surface area (Å²) in [6.07, 6.45) is 2.48. The van der Waals surface area contributed by atoms with Crippen LogP contribution in [-0.2, 0) is 33.9 Å². The average Bonchev–Trinajstić information content (AvgIpc) is 2.30. The van der Waals surface area contributed by atoms with Crippen LogP contribution in [0.2, 0.25) is 0 Å². The van der Waals surface area contributed by atoms with Gasteiger partial charge in [0.2, 0.25) is 0 Å². The number of hydrogen-bond acceptors (Lipinski definition) is 5. The van der Waals surface area contributed by atoms with E-state index in [2.05, 4.69) is 6.79 Å². The van der Waals surface area contributed by atoms with Crippen molar-refractivity contribution in [1.29, 1.82) is 0 Å². The van der Waals surface area contributed by atoms with E-state index in [0.29, 0.717) is 0 Å². The molecule has 5 nitrogen and oxygen atoms in total. The molecule has 22 heavy (non-hydrogen) atoms. The Hall–Kier alpha value is -1.29. The fourth-order valence-corrected chi connectivity index (χ4v) is 0.745. The van der Waals surface area contributed by atoms with Crippen LogP contribution in [-0.4, -0.2) is 28.6 Å². The summed E-state index contributed by atoms with van der Waals surface area (Å²) in [7, 11) is 0. The Balaban J connectivity index is -0.0000000726. The van der Waals surface area contributed by atoms with Crippen LogP contribution in [0.25, 0.3) is 0 Å². The second-order valence-electron chi connectivity index (χ2n) is 4.69. The first-order valence-corrected chi connectivity index (χ1v) is 6.13. The Labute approximate surface area is 147 Å². The van der Waals surface area contributed by atoms with Crippen molar-refractivity contribution in [3.8, 4) is 0 Å². The van der Waals surface area contributed by atoms with Gasteiger partial charge in [-0.25, -0.2) is 0 Å². The summed E-state index contributed by atoms with van der Waals surface area (Å²) in [6.45, 7) is 13.4. The molecule has 0 radical (unpaired) electrons. The molecule has 0 atom stereocenters. The van der Waals surface area contributed by atoms with Gasteiger partial charge in [-0.3, -0.25) is 16.4 Å². The van der Waals surface area contributed by atoms with Crippen LogP contribution in [0.3, 0.4) is 0 Å². The molecule has 0 aliphatic rings. The van der Waals surface area contributed by atoms with Crippen LogP contribution in [0.4, 0.5) is 0 Å². The second-order valence-corrected chi connectivity index (χ2v) is 4.69. The molecule has 0 amide bonds. The van der Waals surface area contributed by atoms with Crippen molar-refractivity contribution in [2.24, 2.45) is 11.8 Å². The molecule has 0 bridgehead atoms. The number of allylic oxidation sites excluding steroid dienone is 4. The summed E-state index contributed by atoms with van der Waals surface area (Å²) in [5.41, 5.74) is 0. The fourth-order valence-electron chi connectivity index (χ4n) is 0.745. The first-order chi connectivity index (χ1) is 9.07. The average molecular weight is 401 g/mol. The summed E-state index contributed by atoms with van der Waals surface area (Å²) >= 11 is 0. The van der Waals surface area contributed by atoms with Crippen LogP contribution >= 0.6 is 0 Å². The summed E-state index contributed by atoms with van der Waals surface area (Å²) in [6, 6.07) is 0. The van der Waals surface area contributed by atoms with Crippen molar-refractivity contribution in [2.75, 3.05) is 0 Å². The van der Waals surface area contributed by atoms with Crippen molar-refractivity contribution < 1.29 is 44.1 Å². The van der Waals surface area contributed by atoms with Crippen LogP contribution in [0.5, 0.6) is 0 Å². The van der Waals surface area contributed by atoms with E-state index in [1.807, 2.05) is 0 Å². The zero-order valence-electron chi connectivity index (χ0n) is 14.4. The van der Waals surface area contributed by atoms with Crippen LogP contribution in [0, 0.1) is 19.3 Å². The molecule has 6 heteroatoms. The van der Waals surface area contributed by atoms with E-state index >= 15 is 0 Å². The van der Waals surface area contributed by atoms with Gasteiger partial charge in [-0.1, -0.05) is 27.7 Å². The predicted molar refractivity (Wildman–Crippen MR) is 85.6 cm³/mol. The molecule has 0 aromatic carbocycles. The quantitative estimate of drug-likeness (QED) is 0.247. The molecule has 0 aromatic rings. The smallest absolute Gasteiger partial charge is 0.545 e. The van der Waals surface area contributed by atoms with Crippen molar-refractivity contribution in [2.45, 2.75) is 41.5 Å². The normalized spacial score (nSPS) is 10.2. The standard InChI is InChI=1S/2C7H12O2.CHO.CH3.Ru/c2*1-5(2)7(9)4-6(3)8;1-2;;/h2*4-5,8H,1-3H3;1H;1H3;/q;;2*-1;+2/b2*6-4-;;;. The molecule has 2 N–H and O–H groups in total. The zero-order valence-corrected chi connectivity index (χ0v) is 16.1. The molecule has 130 valence electrons. The molecule has 0 aromatic heterocycles. The van der Waals surface area contributed by atoms with Crippen molar-refractivity contribution in [3.05, 3.63) is 31.1 Å². The Morgan fingerprint density at radius 3 is 1.05 bits per heavy atom. The number of carbonyl (C=O) groups excluding carboxylic acids is 3. The SMILES string of the molecule is C/C(O)=C/C(=O)C(C)C.C/C(O)=C/C(=O)C(C)C.[CH-]=O.[CH3-].[Ru+2]. The van der Waals surface area contributed by atoms with Gasteiger partial charge < -0.3 is 22.4 Å². The summed E-state index contributed by atoms with van der Waals surface area (Å²) in [4.78, 5) is 29.2. The second kappa shape index (κ2) is 19.7. The third kappa shape index (κ3) is 27.1. The molecule has 0 spiro atoms. The molecule has 0 aliphatic carbocycles. The third-order valence-electron chi connectivity index (χ3n) is 1.84. The molecule has 0 fully saturated rings. The molecule has 0 aliphatic heterocycles. The van der Waals surface area contributed by atoms with Gasteiger partial charge in [-0.15, -0.1) is 0 Å². The van der Waals surface area contributed by atoms with Crippen LogP contribution in [0.15, 0.2) is 23.7 Å². The minimum atomic E-state index is -0.0324. The van der Waals surface area contributed by atoms with Gasteiger partial charge in [0.15, 0.2) is 11.6 Å². The number of ketones is 2. The summed E-state index contributed by atoms with van der Waals surface area (Å²) in [5.74, 6) is 0.0478. The van der Waals surface area contributed by atoms with Crippen LogP contribution in [0.1, 0.15) is 41.5 Å². The van der Waals surface area contributed by atoms with Gasteiger partial charge in [0, 0.05) is 24.0 Å². The first kappa shape index (κ1) is 32.6. The number of carbonyl (C=O) groups is 2. The Kier molecular flexibility index (Phi) is 29.2. The number of hydrogen-bond donors (Lipinski definition) is 2. The minimum Gasteiger partial charge on any atom is -0.545 e. The minimum absolute atomic E-state index is 0. The van der Waals surface area contributed by atoms with Gasteiger partial charge in [0.25, 0.3) is 0 Å². The van der Waals surface area contributed by atoms with Gasteiger partial charge in [-0.2, -0.15) is 0 Å². The van der Waals surface area contributed by atoms with Gasteiger partial charge in [-0.05, 0) is 13.8 Å². The van der Waals surface area contributed by atoms with E-state index in [-0.39, 0.29) is 61.8 Å². The molecule has 0 saturated carbocycles. The number of aliphatic hydroxyl groups is 2. The van der Waals surface area contributed by atoms with Gasteiger partial charge in [0.05, 0.1) is 11.5 Å². The molecular weight excluding hydrogens is 373 g/mol. The molecule has 0 heterocycles. The molecule has 0 unspecified atom stereocenters. The van der Waals surface area contributed by atoms with Crippen molar-refractivity contribution in [3.63, 3.8) is 0 Å². The number of aliphatic hydroxyl groups excluding tert-OH is 2. The van der Waals surface area contributed by atoms with Crippen molar-refractivity contribution in [1.82, 2.24) is 0 Å². The van der Waals surface area contributed by atoms with Crippen LogP contribution < -0.4 is 0 Å². The summed E-state index contributed by atoms with van der Waals surface area (Å²) < 4.78 is 0. The zero-order chi connectivity index (χ0) is 16.9. The van der Waals surface area contributed by atoms with E-state index in [4.69, 9.17) is 15.0 Å². The molecule has 0 saturated heterocycles. The van der Waals surface area contributed by atoms with Crippen molar-refractivity contribution >= 4 is 18.4 Å². The fraction of sp³-hybridized carbons (Fsp3) is 0.500. The number of rotatable bonds is 4. The maximum Gasteiger partial charge on any atom is 2.00 e. The first-order valence-electron chi connectivity index (χ1n) is 6.13. The predicted octanol–water partition coefficient (Wildman–Crippen LogP) is 3.52. The Morgan fingerprint density at radius 2 is 1.00 bits per heavy atom. The maximum atomic E-state index is 10.7. The summed E-state index contributed by atoms with van der Waals surface area (Å²) in [5, 5.41) is 17.2. The van der Waals surface area contributed by atoms with E-state index in [1.165, 1.54) is 26.0 Å². The van der Waals surface area contributed by atoms with E-state index in [9.17, 15) is 9.59 Å². The molecular formula is C16H28O5Ru. The van der Waals surface area contributed by atoms with Gasteiger partial charge >= 0.3 is 19.5 Å². The van der Waals surface area contributed by atoms with E-state index in [1.54, 1.807) is 27.7 Å². The monoisotopic (exact) mass is 402 g/mol.